The molecule has 2 rings (SSSR count). The summed E-state index contributed by atoms with van der Waals surface area (Å²) in [4.78, 5) is 23.8. The molecule has 0 aliphatic carbocycles. The van der Waals surface area contributed by atoms with E-state index in [9.17, 15) is 9.59 Å². The van der Waals surface area contributed by atoms with Gasteiger partial charge in [0, 0.05) is 24.5 Å². The Bertz CT molecular complexity index is 535. The van der Waals surface area contributed by atoms with Gasteiger partial charge in [-0.15, -0.1) is 0 Å². The number of nitrogens with one attached hydrogen (secondary N) is 4. The van der Waals surface area contributed by atoms with E-state index in [1.165, 1.54) is 0 Å². The molecule has 7 heteroatoms. The monoisotopic (exact) mass is 306 g/mol. The molecule has 0 radical (unpaired) electrons. The van der Waals surface area contributed by atoms with Crippen molar-refractivity contribution in [1.29, 1.82) is 0 Å². The van der Waals surface area contributed by atoms with E-state index in [2.05, 4.69) is 21.3 Å². The lowest BCUT2D eigenvalue weighted by Gasteiger charge is -2.29. The average molecular weight is 306 g/mol. The maximum atomic E-state index is 12.3. The van der Waals surface area contributed by atoms with Crippen LogP contribution in [0.15, 0.2) is 24.3 Å². The lowest BCUT2D eigenvalue weighted by Crippen LogP contribution is -2.53. The molecular weight excluding hydrogens is 284 g/mol. The molecule has 2 atom stereocenters. The highest BCUT2D eigenvalue weighted by molar-refractivity contribution is 5.96. The Morgan fingerprint density at radius 2 is 2.05 bits per heavy atom. The molecule has 120 valence electrons. The van der Waals surface area contributed by atoms with Gasteiger partial charge < -0.3 is 26.0 Å². The number of amides is 3. The zero-order valence-corrected chi connectivity index (χ0v) is 12.8. The summed E-state index contributed by atoms with van der Waals surface area (Å²) in [6, 6.07) is 6.35. The van der Waals surface area contributed by atoms with Crippen molar-refractivity contribution in [3.8, 4) is 0 Å². The third kappa shape index (κ3) is 4.44. The van der Waals surface area contributed by atoms with Crippen molar-refractivity contribution >= 4 is 23.3 Å². The maximum absolute atomic E-state index is 12.3. The van der Waals surface area contributed by atoms with Crippen molar-refractivity contribution in [2.24, 2.45) is 0 Å². The summed E-state index contributed by atoms with van der Waals surface area (Å²) in [5.74, 6) is -0.151. The number of anilines is 2. The summed E-state index contributed by atoms with van der Waals surface area (Å²) in [6.07, 6.45) is -0.176. The summed E-state index contributed by atoms with van der Waals surface area (Å²) in [7, 11) is 0. The van der Waals surface area contributed by atoms with Crippen LogP contribution in [0.3, 0.4) is 0 Å². The maximum Gasteiger partial charge on any atom is 0.319 e. The van der Waals surface area contributed by atoms with Crippen LogP contribution in [0.1, 0.15) is 13.8 Å². The Morgan fingerprint density at radius 3 is 2.73 bits per heavy atom. The normalized spacial score (nSPS) is 21.0. The van der Waals surface area contributed by atoms with Gasteiger partial charge in [0.05, 0.1) is 12.7 Å². The molecule has 1 aromatic carbocycles. The summed E-state index contributed by atoms with van der Waals surface area (Å²) in [5, 5.41) is 11.3. The van der Waals surface area contributed by atoms with Crippen molar-refractivity contribution in [2.45, 2.75) is 26.0 Å². The van der Waals surface area contributed by atoms with E-state index >= 15 is 0 Å². The Kier molecular flexibility index (Phi) is 5.74. The van der Waals surface area contributed by atoms with Crippen LogP contribution in [-0.2, 0) is 9.53 Å². The summed E-state index contributed by atoms with van der Waals surface area (Å²) < 4.78 is 5.46. The van der Waals surface area contributed by atoms with Gasteiger partial charge in [-0.1, -0.05) is 6.07 Å². The summed E-state index contributed by atoms with van der Waals surface area (Å²) in [5.41, 5.74) is 1.24. The largest absolute Gasteiger partial charge is 0.375 e. The quantitative estimate of drug-likeness (QED) is 0.671. The molecule has 22 heavy (non-hydrogen) atoms. The van der Waals surface area contributed by atoms with Crippen molar-refractivity contribution in [1.82, 2.24) is 10.6 Å². The molecule has 0 spiro atoms. The number of carbonyl (C=O) groups excluding carboxylic acids is 2. The highest BCUT2D eigenvalue weighted by atomic mass is 16.5. The number of ether oxygens (including phenoxy) is 1. The molecule has 1 fully saturated rings. The average Bonchev–Trinajstić information content (AvgIpc) is 2.48. The molecule has 3 amide bonds. The first kappa shape index (κ1) is 16.3. The van der Waals surface area contributed by atoms with Gasteiger partial charge in [-0.25, -0.2) is 4.79 Å². The van der Waals surface area contributed by atoms with Gasteiger partial charge in [-0.2, -0.15) is 0 Å². The van der Waals surface area contributed by atoms with Crippen molar-refractivity contribution in [2.75, 3.05) is 30.3 Å². The summed E-state index contributed by atoms with van der Waals surface area (Å²) >= 11 is 0. The smallest absolute Gasteiger partial charge is 0.319 e. The zero-order valence-electron chi connectivity index (χ0n) is 12.8. The Hall–Kier alpha value is -2.12. The first-order valence-corrected chi connectivity index (χ1v) is 7.41. The fourth-order valence-electron chi connectivity index (χ4n) is 2.26. The number of rotatable bonds is 4. The Morgan fingerprint density at radius 1 is 1.32 bits per heavy atom. The van der Waals surface area contributed by atoms with E-state index in [4.69, 9.17) is 4.74 Å². The van der Waals surface area contributed by atoms with Crippen LogP contribution in [0.25, 0.3) is 0 Å². The minimum absolute atomic E-state index is 0.151. The predicted molar refractivity (Wildman–Crippen MR) is 85.0 cm³/mol. The SMILES string of the molecule is CCNC(=O)Nc1cccc(NC(=O)[C@H]2NCCO[C@@H]2C)c1. The minimum atomic E-state index is -0.381. The lowest BCUT2D eigenvalue weighted by atomic mass is 10.1. The van der Waals surface area contributed by atoms with Crippen molar-refractivity contribution < 1.29 is 14.3 Å². The van der Waals surface area contributed by atoms with E-state index in [0.29, 0.717) is 31.1 Å². The number of urea groups is 1. The highest BCUT2D eigenvalue weighted by Gasteiger charge is 2.28. The van der Waals surface area contributed by atoms with Crippen LogP contribution in [-0.4, -0.2) is 43.8 Å². The Labute approximate surface area is 129 Å². The first-order valence-electron chi connectivity index (χ1n) is 7.41. The van der Waals surface area contributed by atoms with Gasteiger partial charge in [-0.3, -0.25) is 4.79 Å². The van der Waals surface area contributed by atoms with Crippen LogP contribution in [0.4, 0.5) is 16.2 Å². The van der Waals surface area contributed by atoms with E-state index in [0.717, 1.165) is 0 Å². The van der Waals surface area contributed by atoms with Crippen molar-refractivity contribution in [3.63, 3.8) is 0 Å². The van der Waals surface area contributed by atoms with Crippen LogP contribution >= 0.6 is 0 Å². The van der Waals surface area contributed by atoms with Gasteiger partial charge in [0.2, 0.25) is 5.91 Å². The van der Waals surface area contributed by atoms with Gasteiger partial charge in [0.15, 0.2) is 0 Å². The second kappa shape index (κ2) is 7.77. The standard InChI is InChI=1S/C15H22N4O3/c1-3-16-15(21)19-12-6-4-5-11(9-12)18-14(20)13-10(2)22-8-7-17-13/h4-6,9-10,13,17H,3,7-8H2,1-2H3,(H,18,20)(H2,16,19,21)/t10-,13+/m1/s1. The lowest BCUT2D eigenvalue weighted by molar-refractivity contribution is -0.123. The second-order valence-corrected chi connectivity index (χ2v) is 5.06. The van der Waals surface area contributed by atoms with Crippen LogP contribution in [0.5, 0.6) is 0 Å². The minimum Gasteiger partial charge on any atom is -0.375 e. The topological polar surface area (TPSA) is 91.5 Å². The molecule has 1 aliphatic rings. The van der Waals surface area contributed by atoms with E-state index < -0.39 is 0 Å². The van der Waals surface area contributed by atoms with E-state index in [1.54, 1.807) is 24.3 Å². The molecular formula is C15H22N4O3. The highest BCUT2D eigenvalue weighted by Crippen LogP contribution is 2.16. The van der Waals surface area contributed by atoms with Gasteiger partial charge in [0.1, 0.15) is 6.04 Å². The molecule has 0 saturated carbocycles. The molecule has 1 heterocycles. The second-order valence-electron chi connectivity index (χ2n) is 5.06. The van der Waals surface area contributed by atoms with E-state index in [-0.39, 0.29) is 24.1 Å². The molecule has 0 unspecified atom stereocenters. The molecule has 1 aromatic rings. The van der Waals surface area contributed by atoms with Crippen LogP contribution in [0, 0.1) is 0 Å². The molecule has 1 aliphatic heterocycles. The summed E-state index contributed by atoms with van der Waals surface area (Å²) in [6.45, 7) is 5.52. The molecule has 0 bridgehead atoms. The fraction of sp³-hybridized carbons (Fsp3) is 0.467. The molecule has 4 N–H and O–H groups in total. The van der Waals surface area contributed by atoms with Crippen LogP contribution < -0.4 is 21.3 Å². The number of hydrogen-bond acceptors (Lipinski definition) is 4. The van der Waals surface area contributed by atoms with Crippen molar-refractivity contribution in [3.05, 3.63) is 24.3 Å². The third-order valence-electron chi connectivity index (χ3n) is 3.32. The molecule has 0 aromatic heterocycles. The number of benzene rings is 1. The number of morpholine rings is 1. The predicted octanol–water partition coefficient (Wildman–Crippen LogP) is 1.14. The number of carbonyl (C=O) groups is 2. The first-order chi connectivity index (χ1) is 10.6. The molecule has 1 saturated heterocycles. The third-order valence-corrected chi connectivity index (χ3v) is 3.32. The zero-order chi connectivity index (χ0) is 15.9. The Balaban J connectivity index is 1.97. The van der Waals surface area contributed by atoms with Gasteiger partial charge >= 0.3 is 6.03 Å². The van der Waals surface area contributed by atoms with Crippen LogP contribution in [0.2, 0.25) is 0 Å². The fourth-order valence-corrected chi connectivity index (χ4v) is 2.26. The van der Waals surface area contributed by atoms with E-state index in [1.807, 2.05) is 13.8 Å². The van der Waals surface area contributed by atoms with Gasteiger partial charge in [-0.05, 0) is 32.0 Å². The van der Waals surface area contributed by atoms with Gasteiger partial charge in [0.25, 0.3) is 0 Å². The number of hydrogen-bond donors (Lipinski definition) is 4. The molecule has 7 nitrogen and oxygen atoms in total.